The summed E-state index contributed by atoms with van der Waals surface area (Å²) in [5.41, 5.74) is 0.603. The Kier molecular flexibility index (Phi) is 2.84. The highest BCUT2D eigenvalue weighted by atomic mass is 16.3. The van der Waals surface area contributed by atoms with Gasteiger partial charge in [0.25, 0.3) is 0 Å². The maximum absolute atomic E-state index is 9.38. The van der Waals surface area contributed by atoms with E-state index in [9.17, 15) is 5.11 Å². The molecule has 0 spiro atoms. The minimum Gasteiger partial charge on any atom is -0.393 e. The van der Waals surface area contributed by atoms with Gasteiger partial charge in [0.15, 0.2) is 0 Å². The largest absolute Gasteiger partial charge is 0.393 e. The number of hydrogen-bond acceptors (Lipinski definition) is 4. The molecule has 1 aromatic heterocycles. The third-order valence-corrected chi connectivity index (χ3v) is 2.59. The van der Waals surface area contributed by atoms with Gasteiger partial charge in [-0.15, -0.1) is 6.42 Å². The molecule has 0 aromatic carbocycles. The molecule has 2 rings (SSSR count). The smallest absolute Gasteiger partial charge is 0.133 e. The van der Waals surface area contributed by atoms with Crippen molar-refractivity contribution < 1.29 is 5.11 Å². The first kappa shape index (κ1) is 9.94. The zero-order chi connectivity index (χ0) is 10.7. The first-order valence-electron chi connectivity index (χ1n) is 5.01. The van der Waals surface area contributed by atoms with E-state index in [4.69, 9.17) is 6.42 Å². The second-order valence-corrected chi connectivity index (χ2v) is 3.62. The van der Waals surface area contributed by atoms with E-state index >= 15 is 0 Å². The molecule has 0 saturated carbocycles. The summed E-state index contributed by atoms with van der Waals surface area (Å²) in [5, 5.41) is 9.38. The lowest BCUT2D eigenvalue weighted by molar-refractivity contribution is 0.145. The fraction of sp³-hybridized carbons (Fsp3) is 0.455. The summed E-state index contributed by atoms with van der Waals surface area (Å²) in [5.74, 6) is 3.34. The number of aliphatic hydroxyl groups excluding tert-OH is 1. The van der Waals surface area contributed by atoms with Gasteiger partial charge in [0.05, 0.1) is 6.10 Å². The van der Waals surface area contributed by atoms with Crippen LogP contribution in [0.2, 0.25) is 0 Å². The second-order valence-electron chi connectivity index (χ2n) is 3.62. The Morgan fingerprint density at radius 2 is 2.13 bits per heavy atom. The highest BCUT2D eigenvalue weighted by Gasteiger charge is 2.18. The minimum atomic E-state index is -0.171. The molecule has 4 nitrogen and oxygen atoms in total. The van der Waals surface area contributed by atoms with Crippen LogP contribution < -0.4 is 4.90 Å². The molecule has 0 amide bonds. The van der Waals surface area contributed by atoms with Crippen molar-refractivity contribution in [3.63, 3.8) is 0 Å². The van der Waals surface area contributed by atoms with Crippen molar-refractivity contribution in [2.75, 3.05) is 18.0 Å². The molecule has 0 bridgehead atoms. The van der Waals surface area contributed by atoms with Crippen LogP contribution in [0, 0.1) is 12.3 Å². The average Bonchev–Trinajstić information content (AvgIpc) is 2.30. The molecular formula is C11H13N3O. The lowest BCUT2D eigenvalue weighted by Crippen LogP contribution is -2.36. The normalized spacial score (nSPS) is 17.5. The first-order chi connectivity index (χ1) is 7.29. The quantitative estimate of drug-likeness (QED) is 0.672. The summed E-state index contributed by atoms with van der Waals surface area (Å²) in [6, 6.07) is 1.80. The van der Waals surface area contributed by atoms with Crippen LogP contribution in [0.4, 0.5) is 5.82 Å². The van der Waals surface area contributed by atoms with Gasteiger partial charge in [0.1, 0.15) is 17.8 Å². The van der Waals surface area contributed by atoms with Crippen LogP contribution in [0.25, 0.3) is 0 Å². The molecule has 1 N–H and O–H groups in total. The van der Waals surface area contributed by atoms with E-state index in [1.165, 1.54) is 6.33 Å². The van der Waals surface area contributed by atoms with Crippen LogP contribution in [0.5, 0.6) is 0 Å². The molecule has 1 aliphatic heterocycles. The number of rotatable bonds is 1. The van der Waals surface area contributed by atoms with E-state index in [-0.39, 0.29) is 6.10 Å². The molecule has 1 aromatic rings. The molecule has 0 radical (unpaired) electrons. The second kappa shape index (κ2) is 4.28. The fourth-order valence-electron chi connectivity index (χ4n) is 1.69. The summed E-state index contributed by atoms with van der Waals surface area (Å²) in [7, 11) is 0. The molecule has 4 heteroatoms. The van der Waals surface area contributed by atoms with Crippen LogP contribution in [0.15, 0.2) is 12.4 Å². The standard InChI is InChI=1S/C11H13N3O/c1-2-9-7-11(13-8-12-9)14-5-3-10(15)4-6-14/h1,7-8,10,15H,3-6H2. The van der Waals surface area contributed by atoms with Gasteiger partial charge in [0.2, 0.25) is 0 Å². The molecule has 15 heavy (non-hydrogen) atoms. The van der Waals surface area contributed by atoms with E-state index in [1.807, 2.05) is 0 Å². The lowest BCUT2D eigenvalue weighted by atomic mass is 10.1. The summed E-state index contributed by atoms with van der Waals surface area (Å²) in [4.78, 5) is 10.2. The Labute approximate surface area is 89.0 Å². The molecule has 0 atom stereocenters. The zero-order valence-electron chi connectivity index (χ0n) is 8.43. The zero-order valence-corrected chi connectivity index (χ0v) is 8.43. The number of piperidine rings is 1. The van der Waals surface area contributed by atoms with Gasteiger partial charge in [-0.3, -0.25) is 0 Å². The van der Waals surface area contributed by atoms with Crippen LogP contribution in [-0.2, 0) is 0 Å². The van der Waals surface area contributed by atoms with E-state index in [0.29, 0.717) is 5.69 Å². The Hall–Kier alpha value is -1.60. The van der Waals surface area contributed by atoms with Crippen molar-refractivity contribution in [3.05, 3.63) is 18.1 Å². The lowest BCUT2D eigenvalue weighted by Gasteiger charge is -2.30. The molecular weight excluding hydrogens is 190 g/mol. The molecule has 2 heterocycles. The fourth-order valence-corrected chi connectivity index (χ4v) is 1.69. The third kappa shape index (κ3) is 2.25. The Morgan fingerprint density at radius 3 is 2.80 bits per heavy atom. The van der Waals surface area contributed by atoms with Crippen molar-refractivity contribution in [2.45, 2.75) is 18.9 Å². The maximum atomic E-state index is 9.38. The first-order valence-corrected chi connectivity index (χ1v) is 5.01. The molecule has 1 fully saturated rings. The minimum absolute atomic E-state index is 0.171. The van der Waals surface area contributed by atoms with E-state index < -0.39 is 0 Å². The van der Waals surface area contributed by atoms with Gasteiger partial charge in [-0.1, -0.05) is 5.92 Å². The van der Waals surface area contributed by atoms with E-state index in [0.717, 1.165) is 31.7 Å². The van der Waals surface area contributed by atoms with Crippen molar-refractivity contribution in [3.8, 4) is 12.3 Å². The Bertz CT molecular complexity index is 378. The maximum Gasteiger partial charge on any atom is 0.133 e. The number of aromatic nitrogens is 2. The van der Waals surface area contributed by atoms with Crippen LogP contribution in [-0.4, -0.2) is 34.3 Å². The summed E-state index contributed by atoms with van der Waals surface area (Å²) >= 11 is 0. The SMILES string of the molecule is C#Cc1cc(N2CCC(O)CC2)ncn1. The van der Waals surface area contributed by atoms with Crippen LogP contribution in [0.1, 0.15) is 18.5 Å². The van der Waals surface area contributed by atoms with E-state index in [2.05, 4.69) is 20.8 Å². The van der Waals surface area contributed by atoms with Gasteiger partial charge in [-0.25, -0.2) is 9.97 Å². The molecule has 0 aliphatic carbocycles. The number of nitrogens with zero attached hydrogens (tertiary/aromatic N) is 3. The molecule has 1 saturated heterocycles. The predicted octanol–water partition coefficient (Wildman–Crippen LogP) is 0.419. The number of hydrogen-bond donors (Lipinski definition) is 1. The summed E-state index contributed by atoms with van der Waals surface area (Å²) in [6.45, 7) is 1.64. The van der Waals surface area contributed by atoms with Gasteiger partial charge in [-0.2, -0.15) is 0 Å². The summed E-state index contributed by atoms with van der Waals surface area (Å²) < 4.78 is 0. The molecule has 78 valence electrons. The highest BCUT2D eigenvalue weighted by molar-refractivity contribution is 5.43. The monoisotopic (exact) mass is 203 g/mol. The number of terminal acetylenes is 1. The van der Waals surface area contributed by atoms with Gasteiger partial charge < -0.3 is 10.0 Å². The highest BCUT2D eigenvalue weighted by Crippen LogP contribution is 2.17. The Balaban J connectivity index is 2.12. The van der Waals surface area contributed by atoms with Crippen molar-refractivity contribution in [1.82, 2.24) is 9.97 Å². The number of anilines is 1. The molecule has 0 unspecified atom stereocenters. The Morgan fingerprint density at radius 1 is 1.40 bits per heavy atom. The third-order valence-electron chi connectivity index (χ3n) is 2.59. The van der Waals surface area contributed by atoms with Crippen molar-refractivity contribution in [2.24, 2.45) is 0 Å². The molecule has 1 aliphatic rings. The number of aliphatic hydroxyl groups is 1. The van der Waals surface area contributed by atoms with Crippen molar-refractivity contribution in [1.29, 1.82) is 0 Å². The topological polar surface area (TPSA) is 49.2 Å². The predicted molar refractivity (Wildman–Crippen MR) is 57.4 cm³/mol. The van der Waals surface area contributed by atoms with Crippen molar-refractivity contribution >= 4 is 5.82 Å². The van der Waals surface area contributed by atoms with E-state index in [1.54, 1.807) is 6.07 Å². The van der Waals surface area contributed by atoms with Gasteiger partial charge >= 0.3 is 0 Å². The summed E-state index contributed by atoms with van der Waals surface area (Å²) in [6.07, 6.45) is 8.16. The van der Waals surface area contributed by atoms with Gasteiger partial charge in [-0.05, 0) is 12.8 Å². The average molecular weight is 203 g/mol. The van der Waals surface area contributed by atoms with Crippen LogP contribution >= 0.6 is 0 Å². The van der Waals surface area contributed by atoms with Gasteiger partial charge in [0, 0.05) is 19.2 Å². The van der Waals surface area contributed by atoms with Crippen LogP contribution in [0.3, 0.4) is 0 Å².